The second-order valence-corrected chi connectivity index (χ2v) is 6.44. The molecule has 4 aromatic rings. The number of amides is 1. The van der Waals surface area contributed by atoms with Gasteiger partial charge in [0.15, 0.2) is 12.4 Å². The standard InChI is InChI=1S/C23H19NO5/c25-20(24-13-12-16-7-2-1-3-8-16)15-28-23-21(26)17-9-4-5-10-18(17)29-22(23)19-11-6-14-27-19/h1-11,14H,12-13,15H2,(H,24,25). The van der Waals surface area contributed by atoms with Crippen molar-refractivity contribution in [3.05, 3.63) is 88.8 Å². The Labute approximate surface area is 166 Å². The van der Waals surface area contributed by atoms with Crippen molar-refractivity contribution >= 4 is 16.9 Å². The quantitative estimate of drug-likeness (QED) is 0.520. The number of rotatable bonds is 7. The largest absolute Gasteiger partial charge is 0.476 e. The Morgan fingerprint density at radius 1 is 0.966 bits per heavy atom. The van der Waals surface area contributed by atoms with Gasteiger partial charge in [-0.2, -0.15) is 0 Å². The molecule has 0 bridgehead atoms. The van der Waals surface area contributed by atoms with Gasteiger partial charge in [0.25, 0.3) is 5.91 Å². The third-order valence-electron chi connectivity index (χ3n) is 4.43. The average molecular weight is 389 g/mol. The van der Waals surface area contributed by atoms with Gasteiger partial charge in [0.05, 0.1) is 11.6 Å². The number of hydrogen-bond acceptors (Lipinski definition) is 5. The van der Waals surface area contributed by atoms with Crippen molar-refractivity contribution < 1.29 is 18.4 Å². The molecule has 6 heteroatoms. The zero-order valence-corrected chi connectivity index (χ0v) is 15.6. The number of nitrogens with one attached hydrogen (secondary N) is 1. The number of hydrogen-bond donors (Lipinski definition) is 1. The molecule has 0 unspecified atom stereocenters. The maximum Gasteiger partial charge on any atom is 0.257 e. The lowest BCUT2D eigenvalue weighted by Gasteiger charge is -2.10. The number of fused-ring (bicyclic) bond motifs is 1. The first-order valence-corrected chi connectivity index (χ1v) is 9.25. The van der Waals surface area contributed by atoms with E-state index in [4.69, 9.17) is 13.6 Å². The van der Waals surface area contributed by atoms with Crippen molar-refractivity contribution in [2.24, 2.45) is 0 Å². The van der Waals surface area contributed by atoms with Crippen LogP contribution in [0.3, 0.4) is 0 Å². The Kier molecular flexibility index (Phi) is 5.42. The molecule has 0 fully saturated rings. The van der Waals surface area contributed by atoms with Crippen LogP contribution in [0, 0.1) is 0 Å². The molecule has 0 aliphatic heterocycles. The Morgan fingerprint density at radius 3 is 2.55 bits per heavy atom. The van der Waals surface area contributed by atoms with Crippen molar-refractivity contribution in [3.63, 3.8) is 0 Å². The van der Waals surface area contributed by atoms with E-state index in [2.05, 4.69) is 5.32 Å². The van der Waals surface area contributed by atoms with Crippen LogP contribution in [0.1, 0.15) is 5.56 Å². The van der Waals surface area contributed by atoms with Crippen LogP contribution < -0.4 is 15.5 Å². The predicted molar refractivity (Wildman–Crippen MR) is 109 cm³/mol. The minimum absolute atomic E-state index is 0.0446. The Balaban J connectivity index is 1.49. The minimum atomic E-state index is -0.352. The fourth-order valence-electron chi connectivity index (χ4n) is 3.01. The molecule has 4 rings (SSSR count). The van der Waals surface area contributed by atoms with E-state index in [-0.39, 0.29) is 29.5 Å². The van der Waals surface area contributed by atoms with Gasteiger partial charge in [-0.1, -0.05) is 42.5 Å². The summed E-state index contributed by atoms with van der Waals surface area (Å²) in [5.41, 5.74) is 1.20. The zero-order chi connectivity index (χ0) is 20.1. The Morgan fingerprint density at radius 2 is 1.76 bits per heavy atom. The van der Waals surface area contributed by atoms with Gasteiger partial charge in [0.2, 0.25) is 16.9 Å². The highest BCUT2D eigenvalue weighted by atomic mass is 16.5. The Bertz CT molecular complexity index is 1160. The van der Waals surface area contributed by atoms with E-state index >= 15 is 0 Å². The molecular formula is C23H19NO5. The molecule has 0 saturated heterocycles. The molecule has 1 amide bonds. The molecule has 2 aromatic heterocycles. The molecule has 0 saturated carbocycles. The lowest BCUT2D eigenvalue weighted by Crippen LogP contribution is -2.31. The van der Waals surface area contributed by atoms with Gasteiger partial charge in [-0.25, -0.2) is 0 Å². The van der Waals surface area contributed by atoms with Crippen molar-refractivity contribution in [2.45, 2.75) is 6.42 Å². The van der Waals surface area contributed by atoms with Crippen LogP contribution in [0.5, 0.6) is 5.75 Å². The molecule has 29 heavy (non-hydrogen) atoms. The number of para-hydroxylation sites is 1. The van der Waals surface area contributed by atoms with E-state index in [1.165, 1.54) is 6.26 Å². The molecule has 0 radical (unpaired) electrons. The smallest absolute Gasteiger partial charge is 0.257 e. The van der Waals surface area contributed by atoms with E-state index in [0.717, 1.165) is 5.56 Å². The van der Waals surface area contributed by atoms with Gasteiger partial charge in [-0.05, 0) is 36.2 Å². The summed E-state index contributed by atoms with van der Waals surface area (Å²) in [4.78, 5) is 25.1. The molecule has 6 nitrogen and oxygen atoms in total. The van der Waals surface area contributed by atoms with Gasteiger partial charge in [-0.3, -0.25) is 9.59 Å². The summed E-state index contributed by atoms with van der Waals surface area (Å²) in [6.07, 6.45) is 2.19. The maximum absolute atomic E-state index is 12.9. The van der Waals surface area contributed by atoms with Crippen LogP contribution in [0.15, 0.2) is 86.6 Å². The fraction of sp³-hybridized carbons (Fsp3) is 0.130. The number of carbonyl (C=O) groups excluding carboxylic acids is 1. The third kappa shape index (κ3) is 4.21. The summed E-state index contributed by atoms with van der Waals surface area (Å²) in [6.45, 7) is 0.176. The van der Waals surface area contributed by atoms with E-state index in [1.807, 2.05) is 30.3 Å². The maximum atomic E-state index is 12.9. The van der Waals surface area contributed by atoms with Gasteiger partial charge < -0.3 is 18.9 Å². The van der Waals surface area contributed by atoms with E-state index in [0.29, 0.717) is 29.7 Å². The van der Waals surface area contributed by atoms with Crippen molar-refractivity contribution in [2.75, 3.05) is 13.2 Å². The zero-order valence-electron chi connectivity index (χ0n) is 15.6. The topological polar surface area (TPSA) is 81.7 Å². The monoisotopic (exact) mass is 389 g/mol. The summed E-state index contributed by atoms with van der Waals surface area (Å²) < 4.78 is 16.8. The number of ether oxygens (including phenoxy) is 1. The van der Waals surface area contributed by atoms with Crippen LogP contribution in [0.25, 0.3) is 22.5 Å². The lowest BCUT2D eigenvalue weighted by atomic mass is 10.1. The molecule has 146 valence electrons. The predicted octanol–water partition coefficient (Wildman–Crippen LogP) is 3.79. The Hall–Kier alpha value is -3.80. The van der Waals surface area contributed by atoms with Crippen molar-refractivity contribution in [1.82, 2.24) is 5.32 Å². The second kappa shape index (κ2) is 8.48. The number of benzene rings is 2. The van der Waals surface area contributed by atoms with E-state index < -0.39 is 0 Å². The first-order chi connectivity index (χ1) is 14.2. The number of furan rings is 1. The lowest BCUT2D eigenvalue weighted by molar-refractivity contribution is -0.123. The average Bonchev–Trinajstić information content (AvgIpc) is 3.28. The normalized spacial score (nSPS) is 10.8. The van der Waals surface area contributed by atoms with Crippen molar-refractivity contribution in [3.8, 4) is 17.3 Å². The first-order valence-electron chi connectivity index (χ1n) is 9.25. The minimum Gasteiger partial charge on any atom is -0.476 e. The van der Waals surface area contributed by atoms with Gasteiger partial charge in [0, 0.05) is 6.54 Å². The van der Waals surface area contributed by atoms with E-state index in [1.54, 1.807) is 36.4 Å². The second-order valence-electron chi connectivity index (χ2n) is 6.44. The van der Waals surface area contributed by atoms with Crippen LogP contribution in [-0.2, 0) is 11.2 Å². The van der Waals surface area contributed by atoms with Crippen LogP contribution in [0.2, 0.25) is 0 Å². The fourth-order valence-corrected chi connectivity index (χ4v) is 3.01. The van der Waals surface area contributed by atoms with Crippen LogP contribution in [-0.4, -0.2) is 19.1 Å². The van der Waals surface area contributed by atoms with Crippen molar-refractivity contribution in [1.29, 1.82) is 0 Å². The van der Waals surface area contributed by atoms with Crippen LogP contribution in [0.4, 0.5) is 0 Å². The molecule has 0 aliphatic rings. The van der Waals surface area contributed by atoms with Crippen LogP contribution >= 0.6 is 0 Å². The van der Waals surface area contributed by atoms with Gasteiger partial charge >= 0.3 is 0 Å². The van der Waals surface area contributed by atoms with Gasteiger partial charge in [0.1, 0.15) is 5.58 Å². The molecule has 0 aliphatic carbocycles. The first kappa shape index (κ1) is 18.6. The molecule has 0 atom stereocenters. The summed E-state index contributed by atoms with van der Waals surface area (Å²) in [7, 11) is 0. The van der Waals surface area contributed by atoms with E-state index in [9.17, 15) is 9.59 Å². The third-order valence-corrected chi connectivity index (χ3v) is 4.43. The summed E-state index contributed by atoms with van der Waals surface area (Å²) >= 11 is 0. The molecular weight excluding hydrogens is 370 g/mol. The highest BCUT2D eigenvalue weighted by Gasteiger charge is 2.20. The highest BCUT2D eigenvalue weighted by Crippen LogP contribution is 2.31. The highest BCUT2D eigenvalue weighted by molar-refractivity contribution is 5.82. The summed E-state index contributed by atoms with van der Waals surface area (Å²) in [6, 6.07) is 20.1. The summed E-state index contributed by atoms with van der Waals surface area (Å²) in [5, 5.41) is 3.17. The molecule has 0 spiro atoms. The van der Waals surface area contributed by atoms with Gasteiger partial charge in [-0.15, -0.1) is 0 Å². The SMILES string of the molecule is O=C(COc1c(-c2ccco2)oc2ccccc2c1=O)NCCc1ccccc1. The summed E-state index contributed by atoms with van der Waals surface area (Å²) in [5.74, 6) is 0.152. The molecule has 2 heterocycles. The number of carbonyl (C=O) groups is 1. The molecule has 1 N–H and O–H groups in total. The molecule has 2 aromatic carbocycles.